The van der Waals surface area contributed by atoms with E-state index in [0.717, 1.165) is 4.47 Å². The molecule has 0 aromatic heterocycles. The van der Waals surface area contributed by atoms with Crippen LogP contribution in [0.2, 0.25) is 0 Å². The van der Waals surface area contributed by atoms with Gasteiger partial charge in [0.2, 0.25) is 0 Å². The Hall–Kier alpha value is -0.570. The van der Waals surface area contributed by atoms with E-state index in [-0.39, 0.29) is 5.82 Å². The Kier molecular flexibility index (Phi) is 2.18. The first kappa shape index (κ1) is 8.53. The second-order valence-corrected chi connectivity index (χ2v) is 3.37. The van der Waals surface area contributed by atoms with Crippen LogP contribution in [0.25, 0.3) is 0 Å². The predicted octanol–water partition coefficient (Wildman–Crippen LogP) is 2.79. The maximum absolute atomic E-state index is 13.1. The van der Waals surface area contributed by atoms with Gasteiger partial charge in [-0.15, -0.1) is 0 Å². The third kappa shape index (κ3) is 1.38. The molecule has 0 spiro atoms. The molecule has 60 valence electrons. The molecule has 0 aliphatic carbocycles. The van der Waals surface area contributed by atoms with E-state index in [1.807, 2.05) is 0 Å². The summed E-state index contributed by atoms with van der Waals surface area (Å²) in [5, 5.41) is 0. The van der Waals surface area contributed by atoms with Crippen molar-refractivity contribution in [2.24, 2.45) is 0 Å². The van der Waals surface area contributed by atoms with Gasteiger partial charge >= 0.3 is 0 Å². The van der Waals surface area contributed by atoms with Crippen molar-refractivity contribution in [2.45, 2.75) is 13.8 Å². The van der Waals surface area contributed by atoms with E-state index in [4.69, 9.17) is 5.73 Å². The van der Waals surface area contributed by atoms with Crippen LogP contribution in [0.4, 0.5) is 10.1 Å². The Bertz CT molecular complexity index is 270. The van der Waals surface area contributed by atoms with Crippen LogP contribution in [0, 0.1) is 19.7 Å². The molecule has 0 aliphatic heterocycles. The summed E-state index contributed by atoms with van der Waals surface area (Å²) in [6.07, 6.45) is 0. The van der Waals surface area contributed by atoms with Gasteiger partial charge in [0.15, 0.2) is 0 Å². The first-order valence-corrected chi connectivity index (χ1v) is 4.04. The topological polar surface area (TPSA) is 26.0 Å². The lowest BCUT2D eigenvalue weighted by Gasteiger charge is -2.06. The molecule has 0 unspecified atom stereocenters. The summed E-state index contributed by atoms with van der Waals surface area (Å²) in [6.45, 7) is 3.38. The van der Waals surface area contributed by atoms with Gasteiger partial charge in [-0.2, -0.15) is 0 Å². The van der Waals surface area contributed by atoms with Crippen LogP contribution in [-0.2, 0) is 0 Å². The average Bonchev–Trinajstić information content (AvgIpc) is 1.97. The van der Waals surface area contributed by atoms with Gasteiger partial charge in [-0.25, -0.2) is 4.39 Å². The quantitative estimate of drug-likeness (QED) is 0.665. The van der Waals surface area contributed by atoms with Gasteiger partial charge in [0.05, 0.1) is 0 Å². The van der Waals surface area contributed by atoms with Gasteiger partial charge in [-0.05, 0) is 25.5 Å². The van der Waals surface area contributed by atoms with Crippen LogP contribution in [0.3, 0.4) is 0 Å². The largest absolute Gasteiger partial charge is 0.398 e. The highest BCUT2D eigenvalue weighted by atomic mass is 79.9. The van der Waals surface area contributed by atoms with Gasteiger partial charge in [-0.3, -0.25) is 0 Å². The number of anilines is 1. The highest BCUT2D eigenvalue weighted by Crippen LogP contribution is 2.26. The Morgan fingerprint density at radius 3 is 2.45 bits per heavy atom. The van der Waals surface area contributed by atoms with Crippen molar-refractivity contribution in [3.05, 3.63) is 27.5 Å². The Balaban J connectivity index is 3.46. The molecule has 0 aliphatic rings. The molecule has 1 aromatic rings. The molecule has 0 amide bonds. The molecule has 1 aromatic carbocycles. The van der Waals surface area contributed by atoms with E-state index in [1.54, 1.807) is 19.9 Å². The summed E-state index contributed by atoms with van der Waals surface area (Å²) in [7, 11) is 0. The number of nitrogen functional groups attached to an aromatic ring is 1. The number of hydrogen-bond acceptors (Lipinski definition) is 1. The summed E-state index contributed by atoms with van der Waals surface area (Å²) in [5.74, 6) is -0.225. The normalized spacial score (nSPS) is 10.2. The monoisotopic (exact) mass is 217 g/mol. The number of hydrogen-bond donors (Lipinski definition) is 1. The van der Waals surface area contributed by atoms with Crippen LogP contribution in [0.15, 0.2) is 10.5 Å². The molecule has 0 radical (unpaired) electrons. The Morgan fingerprint density at radius 1 is 1.36 bits per heavy atom. The lowest BCUT2D eigenvalue weighted by Crippen LogP contribution is -1.96. The number of nitrogens with two attached hydrogens (primary N) is 1. The molecule has 3 heteroatoms. The van der Waals surface area contributed by atoms with Crippen LogP contribution in [-0.4, -0.2) is 0 Å². The zero-order valence-electron chi connectivity index (χ0n) is 6.41. The van der Waals surface area contributed by atoms with Crippen molar-refractivity contribution in [3.8, 4) is 0 Å². The predicted molar refractivity (Wildman–Crippen MR) is 48.0 cm³/mol. The number of benzene rings is 1. The second kappa shape index (κ2) is 2.81. The lowest BCUT2D eigenvalue weighted by molar-refractivity contribution is 0.609. The molecule has 0 saturated heterocycles. The first-order chi connectivity index (χ1) is 5.04. The van der Waals surface area contributed by atoms with Crippen LogP contribution < -0.4 is 5.73 Å². The number of rotatable bonds is 0. The van der Waals surface area contributed by atoms with Crippen molar-refractivity contribution in [1.29, 1.82) is 0 Å². The third-order valence-electron chi connectivity index (χ3n) is 1.73. The van der Waals surface area contributed by atoms with Gasteiger partial charge in [0.1, 0.15) is 5.82 Å². The van der Waals surface area contributed by atoms with Crippen molar-refractivity contribution in [1.82, 2.24) is 0 Å². The highest BCUT2D eigenvalue weighted by molar-refractivity contribution is 9.10. The number of halogens is 2. The second-order valence-electron chi connectivity index (χ2n) is 2.51. The smallest absolute Gasteiger partial charge is 0.132 e. The van der Waals surface area contributed by atoms with E-state index in [1.165, 1.54) is 0 Å². The SMILES string of the molecule is Cc1c(N)cc(Br)c(C)c1F. The highest BCUT2D eigenvalue weighted by Gasteiger charge is 2.07. The maximum Gasteiger partial charge on any atom is 0.132 e. The minimum Gasteiger partial charge on any atom is -0.398 e. The van der Waals surface area contributed by atoms with Crippen LogP contribution in [0.1, 0.15) is 11.1 Å². The Morgan fingerprint density at radius 2 is 1.91 bits per heavy atom. The molecule has 0 saturated carbocycles. The molecule has 1 nitrogen and oxygen atoms in total. The minimum atomic E-state index is -0.225. The third-order valence-corrected chi connectivity index (χ3v) is 2.56. The van der Waals surface area contributed by atoms with Crippen molar-refractivity contribution < 1.29 is 4.39 Å². The van der Waals surface area contributed by atoms with E-state index in [9.17, 15) is 4.39 Å². The summed E-state index contributed by atoms with van der Waals surface area (Å²) < 4.78 is 13.9. The average molecular weight is 218 g/mol. The van der Waals surface area contributed by atoms with Gasteiger partial charge < -0.3 is 5.73 Å². The molecule has 0 bridgehead atoms. The maximum atomic E-state index is 13.1. The molecule has 0 fully saturated rings. The summed E-state index contributed by atoms with van der Waals surface area (Å²) >= 11 is 3.21. The van der Waals surface area contributed by atoms with E-state index in [2.05, 4.69) is 15.9 Å². The lowest BCUT2D eigenvalue weighted by atomic mass is 10.1. The van der Waals surface area contributed by atoms with Crippen molar-refractivity contribution in [3.63, 3.8) is 0 Å². The molecule has 1 rings (SSSR count). The Labute approximate surface area is 73.5 Å². The van der Waals surface area contributed by atoms with Crippen molar-refractivity contribution >= 4 is 21.6 Å². The molecule has 0 heterocycles. The zero-order valence-corrected chi connectivity index (χ0v) is 8.00. The fourth-order valence-corrected chi connectivity index (χ4v) is 1.29. The molecule has 2 N–H and O–H groups in total. The standard InChI is InChI=1S/C8H9BrFN/c1-4-6(9)3-7(11)5(2)8(4)10/h3H,11H2,1-2H3. The summed E-state index contributed by atoms with van der Waals surface area (Å²) in [4.78, 5) is 0. The summed E-state index contributed by atoms with van der Waals surface area (Å²) in [5.41, 5.74) is 7.13. The summed E-state index contributed by atoms with van der Waals surface area (Å²) in [6, 6.07) is 1.72. The van der Waals surface area contributed by atoms with Crippen molar-refractivity contribution in [2.75, 3.05) is 5.73 Å². The van der Waals surface area contributed by atoms with Gasteiger partial charge in [-0.1, -0.05) is 15.9 Å². The zero-order chi connectivity index (χ0) is 8.59. The fourth-order valence-electron chi connectivity index (χ4n) is 0.866. The van der Waals surface area contributed by atoms with Gasteiger partial charge in [0, 0.05) is 15.7 Å². The molecule has 11 heavy (non-hydrogen) atoms. The minimum absolute atomic E-state index is 0.225. The molecular formula is C8H9BrFN. The van der Waals surface area contributed by atoms with E-state index >= 15 is 0 Å². The first-order valence-electron chi connectivity index (χ1n) is 3.24. The van der Waals surface area contributed by atoms with Crippen LogP contribution in [0.5, 0.6) is 0 Å². The van der Waals surface area contributed by atoms with Gasteiger partial charge in [0.25, 0.3) is 0 Å². The van der Waals surface area contributed by atoms with E-state index in [0.29, 0.717) is 16.8 Å². The molecular weight excluding hydrogens is 209 g/mol. The van der Waals surface area contributed by atoms with E-state index < -0.39 is 0 Å². The fraction of sp³-hybridized carbons (Fsp3) is 0.250. The molecule has 0 atom stereocenters. The van der Waals surface area contributed by atoms with Crippen LogP contribution >= 0.6 is 15.9 Å².